The first kappa shape index (κ1) is 18.4. The fourth-order valence-corrected chi connectivity index (χ4v) is 5.11. The number of methoxy groups -OCH3 is 1. The molecular weight excluding hydrogens is 338 g/mol. The van der Waals surface area contributed by atoms with Crippen LogP contribution in [-0.2, 0) is 17.9 Å². The van der Waals surface area contributed by atoms with Crippen LogP contribution >= 0.6 is 0 Å². The summed E-state index contributed by atoms with van der Waals surface area (Å²) in [5, 5.41) is 1.29. The highest BCUT2D eigenvalue weighted by atomic mass is 16.5. The van der Waals surface area contributed by atoms with Crippen LogP contribution in [-0.4, -0.2) is 52.6 Å². The van der Waals surface area contributed by atoms with E-state index >= 15 is 0 Å². The van der Waals surface area contributed by atoms with E-state index in [1.165, 1.54) is 29.3 Å². The van der Waals surface area contributed by atoms with Crippen molar-refractivity contribution in [3.05, 3.63) is 30.0 Å². The summed E-state index contributed by atoms with van der Waals surface area (Å²) in [6.45, 7) is 7.83. The van der Waals surface area contributed by atoms with Crippen LogP contribution < -0.4 is 4.74 Å². The predicted molar refractivity (Wildman–Crippen MR) is 108 cm³/mol. The molecule has 3 heterocycles. The van der Waals surface area contributed by atoms with Crippen LogP contribution in [0.25, 0.3) is 10.9 Å². The maximum absolute atomic E-state index is 12.1. The van der Waals surface area contributed by atoms with Gasteiger partial charge in [-0.25, -0.2) is 0 Å². The number of fused-ring (bicyclic) bond motifs is 2. The number of likely N-dealkylation sites (tertiary alicyclic amines) is 2. The van der Waals surface area contributed by atoms with Crippen molar-refractivity contribution in [1.82, 2.24) is 14.4 Å². The number of nitrogens with zero attached hydrogens (tertiary/aromatic N) is 3. The number of carbonyl (C=O) groups excluding carboxylic acids is 1. The number of aromatic nitrogens is 1. The Balaban J connectivity index is 1.63. The van der Waals surface area contributed by atoms with Gasteiger partial charge in [0.15, 0.2) is 0 Å². The standard InChI is InChI=1S/C22H31N3O2/c1-4-23-14-17(19-13-18(27-3)8-9-20(19)23)15-24-12-10-22-21(24)7-5-6-11-25(22)16(2)26/h8-9,13-14,21-22H,4-7,10-12,15H2,1-3H3/t21-,22-/m1/s1. The van der Waals surface area contributed by atoms with Crippen molar-refractivity contribution in [2.75, 3.05) is 20.2 Å². The molecule has 2 aromatic rings. The molecule has 5 nitrogen and oxygen atoms in total. The zero-order valence-corrected chi connectivity index (χ0v) is 16.8. The van der Waals surface area contributed by atoms with Crippen molar-refractivity contribution in [2.45, 2.75) is 64.7 Å². The van der Waals surface area contributed by atoms with Crippen molar-refractivity contribution in [3.63, 3.8) is 0 Å². The van der Waals surface area contributed by atoms with Crippen LogP contribution in [0.15, 0.2) is 24.4 Å². The van der Waals surface area contributed by atoms with Crippen molar-refractivity contribution in [3.8, 4) is 5.75 Å². The van der Waals surface area contributed by atoms with Crippen molar-refractivity contribution >= 4 is 16.8 Å². The largest absolute Gasteiger partial charge is 0.497 e. The van der Waals surface area contributed by atoms with Gasteiger partial charge >= 0.3 is 0 Å². The van der Waals surface area contributed by atoms with E-state index in [9.17, 15) is 4.79 Å². The zero-order chi connectivity index (χ0) is 19.0. The molecule has 2 aliphatic heterocycles. The van der Waals surface area contributed by atoms with Crippen LogP contribution in [0.2, 0.25) is 0 Å². The monoisotopic (exact) mass is 369 g/mol. The smallest absolute Gasteiger partial charge is 0.219 e. The highest BCUT2D eigenvalue weighted by Crippen LogP contribution is 2.33. The molecule has 1 aromatic carbocycles. The number of rotatable bonds is 4. The van der Waals surface area contributed by atoms with E-state index in [4.69, 9.17) is 4.74 Å². The molecule has 146 valence electrons. The fraction of sp³-hybridized carbons (Fsp3) is 0.591. The van der Waals surface area contributed by atoms with Gasteiger partial charge in [0.1, 0.15) is 5.75 Å². The minimum absolute atomic E-state index is 0.237. The lowest BCUT2D eigenvalue weighted by molar-refractivity contribution is -0.131. The molecule has 27 heavy (non-hydrogen) atoms. The van der Waals surface area contributed by atoms with E-state index < -0.39 is 0 Å². The van der Waals surface area contributed by atoms with Gasteiger partial charge in [0, 0.05) is 62.3 Å². The quantitative estimate of drug-likeness (QED) is 0.826. The molecule has 0 saturated carbocycles. The molecule has 0 unspecified atom stereocenters. The maximum atomic E-state index is 12.1. The molecule has 0 N–H and O–H groups in total. The van der Waals surface area contributed by atoms with E-state index in [1.54, 1.807) is 14.0 Å². The molecule has 0 bridgehead atoms. The summed E-state index contributed by atoms with van der Waals surface area (Å²) in [5.74, 6) is 1.15. The van der Waals surface area contributed by atoms with Gasteiger partial charge in [-0.3, -0.25) is 9.69 Å². The first-order valence-electron chi connectivity index (χ1n) is 10.3. The number of ether oxygens (including phenoxy) is 1. The van der Waals surface area contributed by atoms with Gasteiger partial charge in [-0.15, -0.1) is 0 Å². The SMILES string of the molecule is CCn1cc(CN2CC[C@@H]3[C@H]2CCCCN3C(C)=O)c2cc(OC)ccc21. The molecule has 0 radical (unpaired) electrons. The first-order chi connectivity index (χ1) is 13.1. The second-order valence-electron chi connectivity index (χ2n) is 7.93. The Bertz CT molecular complexity index is 828. The Morgan fingerprint density at radius 3 is 2.78 bits per heavy atom. The second-order valence-corrected chi connectivity index (χ2v) is 7.93. The fourth-order valence-electron chi connectivity index (χ4n) is 5.11. The molecule has 2 fully saturated rings. The average molecular weight is 370 g/mol. The Labute approximate surface area is 161 Å². The molecular formula is C22H31N3O2. The number of hydrogen-bond donors (Lipinski definition) is 0. The first-order valence-corrected chi connectivity index (χ1v) is 10.3. The summed E-state index contributed by atoms with van der Waals surface area (Å²) >= 11 is 0. The van der Waals surface area contributed by atoms with Gasteiger partial charge in [0.2, 0.25) is 5.91 Å². The summed E-state index contributed by atoms with van der Waals surface area (Å²) in [7, 11) is 1.73. The summed E-state index contributed by atoms with van der Waals surface area (Å²) < 4.78 is 7.79. The topological polar surface area (TPSA) is 37.7 Å². The summed E-state index contributed by atoms with van der Waals surface area (Å²) in [4.78, 5) is 16.9. The van der Waals surface area contributed by atoms with Crippen LogP contribution in [0.4, 0.5) is 0 Å². The zero-order valence-electron chi connectivity index (χ0n) is 16.8. The second kappa shape index (κ2) is 7.55. The van der Waals surface area contributed by atoms with Crippen LogP contribution in [0, 0.1) is 0 Å². The Hall–Kier alpha value is -2.01. The van der Waals surface area contributed by atoms with E-state index in [0.717, 1.165) is 44.8 Å². The Morgan fingerprint density at radius 2 is 2.04 bits per heavy atom. The lowest BCUT2D eigenvalue weighted by atomic mass is 10.0. The van der Waals surface area contributed by atoms with Gasteiger partial charge in [-0.2, -0.15) is 0 Å². The molecule has 2 atom stereocenters. The third-order valence-electron chi connectivity index (χ3n) is 6.46. The predicted octanol–water partition coefficient (Wildman–Crippen LogP) is 3.65. The number of benzene rings is 1. The van der Waals surface area contributed by atoms with Gasteiger partial charge in [-0.1, -0.05) is 6.42 Å². The van der Waals surface area contributed by atoms with Crippen LogP contribution in [0.3, 0.4) is 0 Å². The molecule has 5 heteroatoms. The van der Waals surface area contributed by atoms with Gasteiger partial charge in [-0.05, 0) is 49.9 Å². The number of hydrogen-bond acceptors (Lipinski definition) is 3. The van der Waals surface area contributed by atoms with Crippen LogP contribution in [0.1, 0.15) is 45.1 Å². The third kappa shape index (κ3) is 3.33. The minimum atomic E-state index is 0.237. The maximum Gasteiger partial charge on any atom is 0.219 e. The highest BCUT2D eigenvalue weighted by Gasteiger charge is 2.39. The van der Waals surface area contributed by atoms with E-state index in [0.29, 0.717) is 12.1 Å². The van der Waals surface area contributed by atoms with E-state index in [1.807, 2.05) is 6.07 Å². The van der Waals surface area contributed by atoms with E-state index in [-0.39, 0.29) is 5.91 Å². The van der Waals surface area contributed by atoms with Gasteiger partial charge in [0.05, 0.1) is 7.11 Å². The third-order valence-corrected chi connectivity index (χ3v) is 6.46. The molecule has 1 amide bonds. The van der Waals surface area contributed by atoms with Gasteiger partial charge < -0.3 is 14.2 Å². The van der Waals surface area contributed by atoms with Crippen molar-refractivity contribution in [2.24, 2.45) is 0 Å². The molecule has 0 spiro atoms. The Morgan fingerprint density at radius 1 is 1.19 bits per heavy atom. The molecule has 2 saturated heterocycles. The van der Waals surface area contributed by atoms with Crippen molar-refractivity contribution < 1.29 is 9.53 Å². The summed E-state index contributed by atoms with van der Waals surface area (Å²) in [6.07, 6.45) is 6.94. The molecule has 2 aliphatic rings. The summed E-state index contributed by atoms with van der Waals surface area (Å²) in [6, 6.07) is 7.25. The number of aryl methyl sites for hydroxylation is 1. The summed E-state index contributed by atoms with van der Waals surface area (Å²) in [5.41, 5.74) is 2.64. The molecule has 1 aromatic heterocycles. The average Bonchev–Trinajstić information content (AvgIpc) is 3.14. The van der Waals surface area contributed by atoms with Crippen LogP contribution in [0.5, 0.6) is 5.75 Å². The number of amides is 1. The lowest BCUT2D eigenvalue weighted by Gasteiger charge is -2.32. The molecule has 4 rings (SSSR count). The van der Waals surface area contributed by atoms with Crippen molar-refractivity contribution in [1.29, 1.82) is 0 Å². The Kier molecular flexibility index (Phi) is 5.13. The number of carbonyl (C=O) groups is 1. The highest BCUT2D eigenvalue weighted by molar-refractivity contribution is 5.85. The lowest BCUT2D eigenvalue weighted by Crippen LogP contribution is -2.45. The van der Waals surface area contributed by atoms with E-state index in [2.05, 4.69) is 39.6 Å². The molecule has 0 aliphatic carbocycles. The minimum Gasteiger partial charge on any atom is -0.497 e. The van der Waals surface area contributed by atoms with Gasteiger partial charge in [0.25, 0.3) is 0 Å². The normalized spacial score (nSPS) is 23.4.